The molecule has 0 aromatic rings. The van der Waals surface area contributed by atoms with E-state index >= 15 is 0 Å². The summed E-state index contributed by atoms with van der Waals surface area (Å²) in [6.07, 6.45) is 107. The molecule has 0 radical (unpaired) electrons. The van der Waals surface area contributed by atoms with Crippen molar-refractivity contribution < 1.29 is 28.6 Å². The predicted octanol–water partition coefficient (Wildman–Crippen LogP) is 22.5. The third kappa shape index (κ3) is 66.4. The van der Waals surface area contributed by atoms with Crippen LogP contribution in [0.15, 0.2) is 219 Å². The van der Waals surface area contributed by atoms with Crippen molar-refractivity contribution in [3.63, 3.8) is 0 Å². The average molecular weight is 1140 g/mol. The van der Waals surface area contributed by atoms with E-state index in [1.54, 1.807) is 6.08 Å². The van der Waals surface area contributed by atoms with Crippen LogP contribution in [0.3, 0.4) is 0 Å². The zero-order chi connectivity index (χ0) is 59.9. The van der Waals surface area contributed by atoms with E-state index in [0.29, 0.717) is 19.3 Å². The van der Waals surface area contributed by atoms with Crippen molar-refractivity contribution >= 4 is 17.9 Å². The van der Waals surface area contributed by atoms with Crippen molar-refractivity contribution in [1.29, 1.82) is 0 Å². The first kappa shape index (κ1) is 76.7. The van der Waals surface area contributed by atoms with E-state index in [9.17, 15) is 14.4 Å². The monoisotopic (exact) mass is 1130 g/mol. The molecule has 0 saturated carbocycles. The Morgan fingerprint density at radius 1 is 0.253 bits per heavy atom. The van der Waals surface area contributed by atoms with Gasteiger partial charge in [-0.3, -0.25) is 14.4 Å². The number of carbonyl (C=O) groups is 3. The number of esters is 3. The summed E-state index contributed by atoms with van der Waals surface area (Å²) in [5, 5.41) is 0. The van der Waals surface area contributed by atoms with Crippen LogP contribution in [-0.2, 0) is 28.6 Å². The van der Waals surface area contributed by atoms with E-state index in [1.165, 1.54) is 0 Å². The fourth-order valence-electron chi connectivity index (χ4n) is 7.79. The van der Waals surface area contributed by atoms with E-state index in [2.05, 4.69) is 227 Å². The number of hydrogen-bond donors (Lipinski definition) is 0. The van der Waals surface area contributed by atoms with Gasteiger partial charge in [0.1, 0.15) is 13.2 Å². The quantitative estimate of drug-likeness (QED) is 0.0261. The molecule has 0 rings (SSSR count). The lowest BCUT2D eigenvalue weighted by Gasteiger charge is -2.18. The fraction of sp³-hybridized carbons (Fsp3) is 0.494. The molecule has 0 aliphatic rings. The maximum atomic E-state index is 12.8. The highest BCUT2D eigenvalue weighted by Crippen LogP contribution is 2.12. The SMILES string of the molecule is CC/C=C\C/C=C\C/C=C\C/C=C\C/C=C\C/C=C\C/C=C\C/C=C\C/C=C\C/C=C\CCCCCCC(=O)OCC(COC(=O)CCCCCCC/C=C\C/C=C\C/C=C\CC)OC(=O)C/C=C\C/C=C\C/C=C\C/C=C\C/C=C\CC. The molecule has 83 heavy (non-hydrogen) atoms. The number of rotatable bonds is 55. The van der Waals surface area contributed by atoms with Gasteiger partial charge in [-0.15, -0.1) is 0 Å². The van der Waals surface area contributed by atoms with Crippen molar-refractivity contribution in [3.05, 3.63) is 219 Å². The highest BCUT2D eigenvalue weighted by molar-refractivity contribution is 5.72. The molecule has 0 spiro atoms. The standard InChI is InChI=1S/C77H114O6/c1-4-7-10-13-16-19-22-25-28-29-30-31-32-33-34-35-36-37-38-39-40-41-42-43-44-45-46-47-50-52-55-58-61-64-67-70-76(79)82-73-74(83-77(80)71-68-65-62-59-56-53-49-27-24-21-18-15-12-9-6-3)72-81-75(78)69-66-63-60-57-54-51-48-26-23-20-17-14-11-8-5-2/h7-12,16-21,25-28,30-31,33-34,36-37,39-40,42-43,45-46,48-50,52,56,59,65,68,74H,4-6,13-15,22-24,29,32,35,38,41,44,47,51,53-55,57-58,60-64,66-67,69-73H2,1-3H3/b10-7-,11-8-,12-9-,19-16-,20-17-,21-18-,28-25-,31-30-,34-33-,37-36-,40-39-,43-42-,46-45-,48-26-,49-27-,52-50-,59-56-,68-65-. The Labute approximate surface area is 508 Å². The average Bonchev–Trinajstić information content (AvgIpc) is 3.49. The van der Waals surface area contributed by atoms with Gasteiger partial charge < -0.3 is 14.2 Å². The van der Waals surface area contributed by atoms with Crippen LogP contribution in [0, 0.1) is 0 Å². The molecular formula is C77H114O6. The van der Waals surface area contributed by atoms with Crippen LogP contribution >= 0.6 is 0 Å². The number of carbonyl (C=O) groups excluding carboxylic acids is 3. The lowest BCUT2D eigenvalue weighted by atomic mass is 10.1. The predicted molar refractivity (Wildman–Crippen MR) is 361 cm³/mol. The van der Waals surface area contributed by atoms with Gasteiger partial charge in [-0.25, -0.2) is 0 Å². The Morgan fingerprint density at radius 2 is 0.470 bits per heavy atom. The van der Waals surface area contributed by atoms with Crippen LogP contribution in [0.5, 0.6) is 0 Å². The van der Waals surface area contributed by atoms with E-state index in [4.69, 9.17) is 14.2 Å². The van der Waals surface area contributed by atoms with Crippen molar-refractivity contribution in [3.8, 4) is 0 Å². The number of allylic oxidation sites excluding steroid dienone is 35. The van der Waals surface area contributed by atoms with Gasteiger partial charge in [0.25, 0.3) is 0 Å². The Morgan fingerprint density at radius 3 is 0.735 bits per heavy atom. The van der Waals surface area contributed by atoms with Crippen LogP contribution in [-0.4, -0.2) is 37.2 Å². The molecular weight excluding hydrogens is 1020 g/mol. The summed E-state index contributed by atoms with van der Waals surface area (Å²) in [6, 6.07) is 0. The van der Waals surface area contributed by atoms with Crippen molar-refractivity contribution in [2.75, 3.05) is 13.2 Å². The molecule has 0 fully saturated rings. The minimum Gasteiger partial charge on any atom is -0.462 e. The van der Waals surface area contributed by atoms with Crippen molar-refractivity contribution in [2.24, 2.45) is 0 Å². The summed E-state index contributed by atoms with van der Waals surface area (Å²) in [7, 11) is 0. The maximum absolute atomic E-state index is 12.8. The van der Waals surface area contributed by atoms with Gasteiger partial charge in [-0.2, -0.15) is 0 Å². The summed E-state index contributed by atoms with van der Waals surface area (Å²) < 4.78 is 16.7. The lowest BCUT2D eigenvalue weighted by molar-refractivity contribution is -0.166. The van der Waals surface area contributed by atoms with Crippen LogP contribution < -0.4 is 0 Å². The van der Waals surface area contributed by atoms with Crippen LogP contribution in [0.25, 0.3) is 0 Å². The van der Waals surface area contributed by atoms with E-state index in [-0.39, 0.29) is 31.6 Å². The molecule has 0 aliphatic carbocycles. The molecule has 0 N–H and O–H groups in total. The molecule has 0 amide bonds. The molecule has 6 heteroatoms. The van der Waals surface area contributed by atoms with Gasteiger partial charge in [0.15, 0.2) is 6.10 Å². The van der Waals surface area contributed by atoms with Crippen LogP contribution in [0.1, 0.15) is 226 Å². The van der Waals surface area contributed by atoms with E-state index in [0.717, 1.165) is 180 Å². The fourth-order valence-corrected chi connectivity index (χ4v) is 7.79. The minimum absolute atomic E-state index is 0.0749. The number of ether oxygens (including phenoxy) is 3. The van der Waals surface area contributed by atoms with E-state index < -0.39 is 12.1 Å². The molecule has 0 aromatic carbocycles. The summed E-state index contributed by atoms with van der Waals surface area (Å²) in [5.74, 6) is -1.13. The first-order valence-corrected chi connectivity index (χ1v) is 32.2. The lowest BCUT2D eigenvalue weighted by Crippen LogP contribution is -2.30. The number of unbranched alkanes of at least 4 members (excludes halogenated alkanes) is 9. The van der Waals surface area contributed by atoms with Crippen LogP contribution in [0.4, 0.5) is 0 Å². The molecule has 0 saturated heterocycles. The third-order valence-corrected chi connectivity index (χ3v) is 12.5. The summed E-state index contributed by atoms with van der Waals surface area (Å²) >= 11 is 0. The first-order chi connectivity index (χ1) is 41.0. The highest BCUT2D eigenvalue weighted by Gasteiger charge is 2.19. The van der Waals surface area contributed by atoms with Gasteiger partial charge in [0.05, 0.1) is 6.42 Å². The second-order valence-corrected chi connectivity index (χ2v) is 20.2. The molecule has 6 nitrogen and oxygen atoms in total. The summed E-state index contributed by atoms with van der Waals surface area (Å²) in [4.78, 5) is 38.2. The van der Waals surface area contributed by atoms with Crippen molar-refractivity contribution in [2.45, 2.75) is 232 Å². The van der Waals surface area contributed by atoms with Crippen molar-refractivity contribution in [1.82, 2.24) is 0 Å². The zero-order valence-corrected chi connectivity index (χ0v) is 52.4. The third-order valence-electron chi connectivity index (χ3n) is 12.5. The molecule has 0 bridgehead atoms. The van der Waals surface area contributed by atoms with Gasteiger partial charge in [0, 0.05) is 12.8 Å². The minimum atomic E-state index is -0.865. The maximum Gasteiger partial charge on any atom is 0.310 e. The normalized spacial score (nSPS) is 13.6. The largest absolute Gasteiger partial charge is 0.462 e. The molecule has 1 atom stereocenters. The number of hydrogen-bond acceptors (Lipinski definition) is 6. The molecule has 0 aliphatic heterocycles. The second-order valence-electron chi connectivity index (χ2n) is 20.2. The molecule has 1 unspecified atom stereocenters. The zero-order valence-electron chi connectivity index (χ0n) is 52.4. The molecule has 458 valence electrons. The Hall–Kier alpha value is -6.27. The molecule has 0 aromatic heterocycles. The topological polar surface area (TPSA) is 78.9 Å². The summed E-state index contributed by atoms with van der Waals surface area (Å²) in [6.45, 7) is 6.15. The first-order valence-electron chi connectivity index (χ1n) is 32.2. The highest BCUT2D eigenvalue weighted by atomic mass is 16.6. The second kappa shape index (κ2) is 68.2. The van der Waals surface area contributed by atoms with Gasteiger partial charge in [-0.05, 0) is 154 Å². The summed E-state index contributed by atoms with van der Waals surface area (Å²) in [5.41, 5.74) is 0. The van der Waals surface area contributed by atoms with E-state index in [1.807, 2.05) is 6.08 Å². The Balaban J connectivity index is 4.45. The van der Waals surface area contributed by atoms with Gasteiger partial charge in [0.2, 0.25) is 0 Å². The van der Waals surface area contributed by atoms with Crippen LogP contribution in [0.2, 0.25) is 0 Å². The smallest absolute Gasteiger partial charge is 0.310 e. The van der Waals surface area contributed by atoms with Gasteiger partial charge in [-0.1, -0.05) is 272 Å². The molecule has 0 heterocycles. The Bertz CT molecular complexity index is 2080. The Kier molecular flexibility index (Phi) is 63.1. The van der Waals surface area contributed by atoms with Gasteiger partial charge >= 0.3 is 17.9 Å².